The fraction of sp³-hybridized carbons (Fsp3) is 0.579. The van der Waals surface area contributed by atoms with Gasteiger partial charge in [-0.1, -0.05) is 17.3 Å². The van der Waals surface area contributed by atoms with E-state index in [4.69, 9.17) is 9.47 Å². The van der Waals surface area contributed by atoms with Crippen LogP contribution >= 0.6 is 7.68 Å². The Hall–Kier alpha value is -1.60. The van der Waals surface area contributed by atoms with Crippen molar-refractivity contribution >= 4 is 7.68 Å². The molecule has 2 aromatic rings. The summed E-state index contributed by atoms with van der Waals surface area (Å²) in [6.07, 6.45) is 1.61. The third kappa shape index (κ3) is 7.43. The monoisotopic (exact) mass is 413 g/mol. The second kappa shape index (κ2) is 10.8. The number of halogens is 1. The Kier molecular flexibility index (Phi) is 8.76. The Morgan fingerprint density at radius 3 is 2.46 bits per heavy atom. The van der Waals surface area contributed by atoms with Crippen LogP contribution in [0.4, 0.5) is 4.20 Å². The Bertz CT molecular complexity index is 789. The van der Waals surface area contributed by atoms with Crippen LogP contribution in [0.1, 0.15) is 34.9 Å². The third-order valence-electron chi connectivity index (χ3n) is 4.36. The van der Waals surface area contributed by atoms with Crippen molar-refractivity contribution in [3.63, 3.8) is 0 Å². The van der Waals surface area contributed by atoms with E-state index in [0.29, 0.717) is 19.8 Å². The number of hydrogen-bond acceptors (Lipinski definition) is 6. The smallest absolute Gasteiger partial charge is 0.369 e. The molecule has 0 aliphatic heterocycles. The fourth-order valence-corrected chi connectivity index (χ4v) is 3.58. The van der Waals surface area contributed by atoms with E-state index in [2.05, 4.69) is 47.7 Å². The number of nitrogens with zero attached hydrogens (tertiary/aromatic N) is 3. The summed E-state index contributed by atoms with van der Waals surface area (Å²) in [6, 6.07) is 4.33. The largest absolute Gasteiger partial charge is 0.378 e. The van der Waals surface area contributed by atoms with Gasteiger partial charge in [0.05, 0.1) is 51.9 Å². The minimum atomic E-state index is -4.02. The van der Waals surface area contributed by atoms with Crippen LogP contribution in [0.3, 0.4) is 0 Å². The van der Waals surface area contributed by atoms with Crippen molar-refractivity contribution in [2.75, 3.05) is 32.6 Å². The third-order valence-corrected chi connectivity index (χ3v) is 5.72. The molecule has 0 amide bonds. The highest BCUT2D eigenvalue weighted by atomic mass is 31.2. The molecule has 0 saturated carbocycles. The first-order valence-corrected chi connectivity index (χ1v) is 11.1. The zero-order valence-corrected chi connectivity index (χ0v) is 17.9. The lowest BCUT2D eigenvalue weighted by Gasteiger charge is -2.09. The zero-order chi connectivity index (χ0) is 20.6. The average molecular weight is 413 g/mol. The number of aryl methyl sites for hydroxylation is 2. The van der Waals surface area contributed by atoms with Crippen molar-refractivity contribution in [3.8, 4) is 0 Å². The molecule has 0 spiro atoms. The molecule has 1 aromatic heterocycles. The molecule has 0 aliphatic rings. The maximum Gasteiger partial charge on any atom is 0.369 e. The first-order valence-electron chi connectivity index (χ1n) is 9.35. The van der Waals surface area contributed by atoms with Crippen molar-refractivity contribution in [2.24, 2.45) is 0 Å². The van der Waals surface area contributed by atoms with Gasteiger partial charge in [-0.05, 0) is 49.9 Å². The molecule has 9 heteroatoms. The molecule has 7 nitrogen and oxygen atoms in total. The standard InChI is InChI=1S/C19H29FN3O4P/c1-5-27-28(20,24)9-8-25-6-7-26-14-19-13-23(22-21-19)12-18-10-15(2)17(4)16(3)11-18/h10-11,13H,5-9,12,14H2,1-4H3. The maximum atomic E-state index is 13.3. The molecule has 1 heterocycles. The van der Waals surface area contributed by atoms with Crippen LogP contribution in [0, 0.1) is 20.8 Å². The number of benzene rings is 1. The summed E-state index contributed by atoms with van der Waals surface area (Å²) in [7, 11) is -4.02. The van der Waals surface area contributed by atoms with Crippen molar-refractivity contribution < 1.29 is 22.8 Å². The highest BCUT2D eigenvalue weighted by molar-refractivity contribution is 7.53. The highest BCUT2D eigenvalue weighted by Crippen LogP contribution is 2.47. The molecular formula is C19H29FN3O4P. The number of hydrogen-bond donors (Lipinski definition) is 0. The van der Waals surface area contributed by atoms with Crippen LogP contribution < -0.4 is 0 Å². The molecule has 0 radical (unpaired) electrons. The molecule has 156 valence electrons. The molecule has 1 aromatic carbocycles. The van der Waals surface area contributed by atoms with E-state index < -0.39 is 7.68 Å². The summed E-state index contributed by atoms with van der Waals surface area (Å²) in [4.78, 5) is 0. The lowest BCUT2D eigenvalue weighted by molar-refractivity contribution is 0.0438. The van der Waals surface area contributed by atoms with Crippen molar-refractivity contribution in [3.05, 3.63) is 46.3 Å². The van der Waals surface area contributed by atoms with Gasteiger partial charge in [-0.15, -0.1) is 5.10 Å². The van der Waals surface area contributed by atoms with Gasteiger partial charge in [0, 0.05) is 0 Å². The molecule has 1 unspecified atom stereocenters. The molecule has 0 aliphatic carbocycles. The molecule has 2 rings (SSSR count). The Labute approximate surface area is 165 Å². The number of ether oxygens (including phenoxy) is 2. The Morgan fingerprint density at radius 1 is 1.11 bits per heavy atom. The molecular weight excluding hydrogens is 384 g/mol. The fourth-order valence-electron chi connectivity index (χ4n) is 2.71. The van der Waals surface area contributed by atoms with E-state index >= 15 is 0 Å². The molecule has 0 saturated heterocycles. The second-order valence-corrected chi connectivity index (χ2v) is 8.54. The molecule has 0 bridgehead atoms. The second-order valence-electron chi connectivity index (χ2n) is 6.66. The maximum absolute atomic E-state index is 13.3. The summed E-state index contributed by atoms with van der Waals surface area (Å²) >= 11 is 0. The quantitative estimate of drug-likeness (QED) is 0.387. The van der Waals surface area contributed by atoms with Gasteiger partial charge in [0.25, 0.3) is 0 Å². The van der Waals surface area contributed by atoms with E-state index in [9.17, 15) is 8.76 Å². The van der Waals surface area contributed by atoms with E-state index in [-0.39, 0.29) is 26.0 Å². The van der Waals surface area contributed by atoms with Gasteiger partial charge in [-0.3, -0.25) is 4.57 Å². The highest BCUT2D eigenvalue weighted by Gasteiger charge is 2.20. The van der Waals surface area contributed by atoms with Crippen LogP contribution in [0.5, 0.6) is 0 Å². The minimum Gasteiger partial charge on any atom is -0.378 e. The predicted molar refractivity (Wildman–Crippen MR) is 105 cm³/mol. The molecule has 0 N–H and O–H groups in total. The van der Waals surface area contributed by atoms with Gasteiger partial charge in [0.15, 0.2) is 0 Å². The number of aromatic nitrogens is 3. The normalized spacial score (nSPS) is 13.6. The van der Waals surface area contributed by atoms with Crippen LogP contribution in [-0.4, -0.2) is 47.6 Å². The molecule has 0 fully saturated rings. The summed E-state index contributed by atoms with van der Waals surface area (Å²) < 4.78 is 41.6. The van der Waals surface area contributed by atoms with Crippen LogP contribution in [0.25, 0.3) is 0 Å². The van der Waals surface area contributed by atoms with Gasteiger partial charge in [-0.2, -0.15) is 4.20 Å². The summed E-state index contributed by atoms with van der Waals surface area (Å²) in [5.74, 6) is 0. The topological polar surface area (TPSA) is 75.5 Å². The molecule has 1 atom stereocenters. The van der Waals surface area contributed by atoms with Crippen LogP contribution in [0.15, 0.2) is 18.3 Å². The van der Waals surface area contributed by atoms with E-state index in [1.807, 2.05) is 6.20 Å². The summed E-state index contributed by atoms with van der Waals surface area (Å²) in [5.41, 5.74) is 5.76. The Morgan fingerprint density at radius 2 is 1.79 bits per heavy atom. The summed E-state index contributed by atoms with van der Waals surface area (Å²) in [6.45, 7) is 9.63. The van der Waals surface area contributed by atoms with Crippen molar-refractivity contribution in [2.45, 2.75) is 40.8 Å². The van der Waals surface area contributed by atoms with Gasteiger partial charge in [-0.25, -0.2) is 4.68 Å². The Balaban J connectivity index is 1.67. The van der Waals surface area contributed by atoms with Gasteiger partial charge < -0.3 is 14.0 Å². The average Bonchev–Trinajstić information content (AvgIpc) is 3.06. The van der Waals surface area contributed by atoms with Gasteiger partial charge in [0.2, 0.25) is 0 Å². The first-order chi connectivity index (χ1) is 13.3. The number of rotatable bonds is 12. The van der Waals surface area contributed by atoms with Gasteiger partial charge >= 0.3 is 7.68 Å². The van der Waals surface area contributed by atoms with Crippen molar-refractivity contribution in [1.29, 1.82) is 0 Å². The van der Waals surface area contributed by atoms with Crippen molar-refractivity contribution in [1.82, 2.24) is 15.0 Å². The first kappa shape index (κ1) is 22.7. The zero-order valence-electron chi connectivity index (χ0n) is 17.0. The van der Waals surface area contributed by atoms with Crippen LogP contribution in [0.2, 0.25) is 0 Å². The van der Waals surface area contributed by atoms with E-state index in [1.54, 1.807) is 11.6 Å². The van der Waals surface area contributed by atoms with E-state index in [1.165, 1.54) is 22.3 Å². The van der Waals surface area contributed by atoms with Crippen LogP contribution in [-0.2, 0) is 31.7 Å². The minimum absolute atomic E-state index is 0.0305. The summed E-state index contributed by atoms with van der Waals surface area (Å²) in [5, 5.41) is 8.24. The molecule has 28 heavy (non-hydrogen) atoms. The lowest BCUT2D eigenvalue weighted by Crippen LogP contribution is -2.08. The lowest BCUT2D eigenvalue weighted by atomic mass is 10.0. The van der Waals surface area contributed by atoms with Gasteiger partial charge in [0.1, 0.15) is 5.69 Å². The van der Waals surface area contributed by atoms with E-state index in [0.717, 1.165) is 5.69 Å². The predicted octanol–water partition coefficient (Wildman–Crippen LogP) is 3.98. The SMILES string of the molecule is CCOP(=O)(F)CCOCCOCc1cn(Cc2cc(C)c(C)c(C)c2)nn1.